The molecule has 0 saturated carbocycles. The lowest BCUT2D eigenvalue weighted by Crippen LogP contribution is -2.60. The van der Waals surface area contributed by atoms with Crippen LogP contribution < -0.4 is 0 Å². The Morgan fingerprint density at radius 2 is 1.12 bits per heavy atom. The van der Waals surface area contributed by atoms with Gasteiger partial charge in [0.25, 0.3) is 10.1 Å². The molecule has 13 heteroatoms. The van der Waals surface area contributed by atoms with Crippen molar-refractivity contribution in [2.45, 2.75) is 185 Å². The molecule has 0 aromatic carbocycles. The Kier molecular flexibility index (Phi) is 31.5. The summed E-state index contributed by atoms with van der Waals surface area (Å²) >= 11 is 0. The lowest BCUT2D eigenvalue weighted by Gasteiger charge is -2.40. The first-order valence-corrected chi connectivity index (χ1v) is 23.0. The second-order valence-electron chi connectivity index (χ2n) is 14.7. The number of hydrogen-bond acceptors (Lipinski definition) is 11. The van der Waals surface area contributed by atoms with Gasteiger partial charge in [-0.25, -0.2) is 0 Å². The van der Waals surface area contributed by atoms with Crippen LogP contribution >= 0.6 is 0 Å². The fourth-order valence-corrected chi connectivity index (χ4v) is 6.78. The fourth-order valence-electron chi connectivity index (χ4n) is 6.09. The van der Waals surface area contributed by atoms with Gasteiger partial charge in [0.2, 0.25) is 0 Å². The minimum absolute atomic E-state index is 0.114. The Hall–Kier alpha value is -2.65. The Balaban J connectivity index is 2.50. The molecule has 57 heavy (non-hydrogen) atoms. The van der Waals surface area contributed by atoms with E-state index < -0.39 is 71.2 Å². The molecule has 1 heterocycles. The van der Waals surface area contributed by atoms with E-state index in [1.807, 2.05) is 36.5 Å². The van der Waals surface area contributed by atoms with Crippen LogP contribution in [0.25, 0.3) is 0 Å². The Labute approximate surface area is 343 Å². The molecule has 328 valence electrons. The van der Waals surface area contributed by atoms with E-state index in [9.17, 15) is 37.9 Å². The summed E-state index contributed by atoms with van der Waals surface area (Å²) in [5.74, 6) is -2.05. The summed E-state index contributed by atoms with van der Waals surface area (Å²) in [6.07, 6.45) is 31.3. The largest absolute Gasteiger partial charge is 0.462 e. The number of aliphatic hydroxyl groups is 3. The predicted molar refractivity (Wildman–Crippen MR) is 224 cm³/mol. The minimum Gasteiger partial charge on any atom is -0.462 e. The molecule has 0 spiro atoms. The van der Waals surface area contributed by atoms with Crippen molar-refractivity contribution < 1.29 is 56.8 Å². The predicted octanol–water partition coefficient (Wildman–Crippen LogP) is 8.17. The van der Waals surface area contributed by atoms with Crippen LogP contribution in [-0.2, 0) is 38.7 Å². The van der Waals surface area contributed by atoms with Gasteiger partial charge in [0, 0.05) is 12.8 Å². The third-order valence-electron chi connectivity index (χ3n) is 9.43. The number of aliphatic hydroxyl groups excluding tert-OH is 3. The molecule has 0 bridgehead atoms. The number of carbonyl (C=O) groups is 2. The Bertz CT molecular complexity index is 1290. The average Bonchev–Trinajstić information content (AvgIpc) is 3.17. The van der Waals surface area contributed by atoms with Crippen molar-refractivity contribution in [3.8, 4) is 0 Å². The molecule has 0 aromatic rings. The van der Waals surface area contributed by atoms with Crippen LogP contribution in [0.4, 0.5) is 0 Å². The highest BCUT2D eigenvalue weighted by atomic mass is 32.2. The highest BCUT2D eigenvalue weighted by Gasteiger charge is 2.46. The van der Waals surface area contributed by atoms with E-state index in [1.54, 1.807) is 0 Å². The van der Waals surface area contributed by atoms with Crippen LogP contribution in [0.2, 0.25) is 0 Å². The van der Waals surface area contributed by atoms with Crippen LogP contribution in [0.1, 0.15) is 149 Å². The molecule has 0 radical (unpaired) electrons. The van der Waals surface area contributed by atoms with Crippen molar-refractivity contribution in [2.24, 2.45) is 0 Å². The van der Waals surface area contributed by atoms with E-state index in [1.165, 1.54) is 44.9 Å². The molecular formula is C44H74O12S. The van der Waals surface area contributed by atoms with Gasteiger partial charge in [-0.1, -0.05) is 139 Å². The first-order valence-electron chi connectivity index (χ1n) is 21.4. The maximum atomic E-state index is 12.8. The summed E-state index contributed by atoms with van der Waals surface area (Å²) in [4.78, 5) is 25.3. The molecule has 6 atom stereocenters. The number of allylic oxidation sites excluding steroid dienone is 10. The van der Waals surface area contributed by atoms with E-state index in [0.717, 1.165) is 64.2 Å². The molecule has 3 unspecified atom stereocenters. The topological polar surface area (TPSA) is 186 Å². The van der Waals surface area contributed by atoms with Crippen LogP contribution in [0.5, 0.6) is 0 Å². The summed E-state index contributed by atoms with van der Waals surface area (Å²) < 4.78 is 53.9. The molecule has 0 aromatic heterocycles. The smallest absolute Gasteiger partial charge is 0.306 e. The zero-order valence-electron chi connectivity index (χ0n) is 34.7. The van der Waals surface area contributed by atoms with Gasteiger partial charge in [-0.3, -0.25) is 14.1 Å². The number of rotatable bonds is 34. The highest BCUT2D eigenvalue weighted by molar-refractivity contribution is 7.85. The fraction of sp³-hybridized carbons (Fsp3) is 0.727. The van der Waals surface area contributed by atoms with E-state index in [4.69, 9.17) is 18.9 Å². The van der Waals surface area contributed by atoms with Gasteiger partial charge in [-0.2, -0.15) is 8.42 Å². The van der Waals surface area contributed by atoms with Crippen LogP contribution in [0, 0.1) is 0 Å². The lowest BCUT2D eigenvalue weighted by atomic mass is 10.00. The summed E-state index contributed by atoms with van der Waals surface area (Å²) in [7, 11) is -4.61. The number of ether oxygens (including phenoxy) is 4. The van der Waals surface area contributed by atoms with Crippen molar-refractivity contribution >= 4 is 22.1 Å². The van der Waals surface area contributed by atoms with Gasteiger partial charge in [-0.15, -0.1) is 0 Å². The van der Waals surface area contributed by atoms with Crippen molar-refractivity contribution in [1.29, 1.82) is 0 Å². The van der Waals surface area contributed by atoms with Gasteiger partial charge in [0.05, 0.1) is 6.61 Å². The monoisotopic (exact) mass is 826 g/mol. The molecule has 1 aliphatic rings. The van der Waals surface area contributed by atoms with E-state index in [0.29, 0.717) is 12.8 Å². The van der Waals surface area contributed by atoms with E-state index >= 15 is 0 Å². The van der Waals surface area contributed by atoms with Gasteiger partial charge < -0.3 is 34.3 Å². The number of esters is 2. The second kappa shape index (κ2) is 34.2. The zero-order chi connectivity index (χ0) is 42.0. The molecule has 4 N–H and O–H groups in total. The molecule has 1 fully saturated rings. The van der Waals surface area contributed by atoms with Crippen LogP contribution in [0.3, 0.4) is 0 Å². The van der Waals surface area contributed by atoms with Gasteiger partial charge >= 0.3 is 11.9 Å². The van der Waals surface area contributed by atoms with Crippen molar-refractivity contribution in [1.82, 2.24) is 0 Å². The summed E-state index contributed by atoms with van der Waals surface area (Å²) in [6.45, 7) is 3.55. The van der Waals surface area contributed by atoms with Crippen molar-refractivity contribution in [2.75, 3.05) is 19.0 Å². The first kappa shape index (κ1) is 52.4. The van der Waals surface area contributed by atoms with Gasteiger partial charge in [0.1, 0.15) is 36.8 Å². The average molecular weight is 827 g/mol. The quantitative estimate of drug-likeness (QED) is 0.0161. The maximum absolute atomic E-state index is 12.8. The standard InChI is InChI=1S/C44H74O12S/c1-3-5-7-9-11-13-15-17-18-19-21-22-24-26-28-30-32-39(45)53-34-37(35-54-44-43(49)42(48)41(47)38(56-44)36-57(50,51)52)55-40(46)33-31-29-27-25-23-20-16-14-12-10-8-6-4-2/h6,8,10,12,14,16,18-20,23,37-38,41-44,47-49H,3-5,7,9,11,13,15,17,21-22,24-36H2,1-2H3,(H,50,51,52)/b8-6+,12-10+,16-14+,19-18+,23-20+/t37?,38-,41-,42?,43?,44+/m1/s1. The molecule has 0 amide bonds. The summed E-state index contributed by atoms with van der Waals surface area (Å²) in [6, 6.07) is 0. The molecule has 12 nitrogen and oxygen atoms in total. The molecule has 1 saturated heterocycles. The highest BCUT2D eigenvalue weighted by Crippen LogP contribution is 2.24. The van der Waals surface area contributed by atoms with Gasteiger partial charge in [0.15, 0.2) is 12.4 Å². The van der Waals surface area contributed by atoms with Crippen LogP contribution in [-0.4, -0.2) is 96.0 Å². The SMILES string of the molecule is CC/C=C/C=C/C=C/C=C/CCCCCC(=O)OC(COC(=O)CCCCCCC/C=C/CCCCCCCCC)CO[C@H]1O[C@H](CS(=O)(=O)O)[C@@H](O)C(O)C1O. The number of hydrogen-bond donors (Lipinski definition) is 4. The first-order chi connectivity index (χ1) is 27.5. The van der Waals surface area contributed by atoms with Crippen LogP contribution in [0.15, 0.2) is 60.8 Å². The summed E-state index contributed by atoms with van der Waals surface area (Å²) in [5.41, 5.74) is 0. The second-order valence-corrected chi connectivity index (χ2v) is 16.2. The van der Waals surface area contributed by atoms with Gasteiger partial charge in [-0.05, 0) is 57.8 Å². The van der Waals surface area contributed by atoms with Crippen molar-refractivity contribution in [3.05, 3.63) is 60.8 Å². The minimum atomic E-state index is -4.61. The lowest BCUT2D eigenvalue weighted by molar-refractivity contribution is -0.297. The Morgan fingerprint density at radius 3 is 1.72 bits per heavy atom. The van der Waals surface area contributed by atoms with E-state index in [-0.39, 0.29) is 19.4 Å². The molecule has 1 rings (SSSR count). The third-order valence-corrected chi connectivity index (χ3v) is 10.2. The number of unbranched alkanes of at least 4 members (excludes halogenated alkanes) is 15. The van der Waals surface area contributed by atoms with E-state index in [2.05, 4.69) is 38.2 Å². The molecule has 1 aliphatic heterocycles. The Morgan fingerprint density at radius 1 is 0.614 bits per heavy atom. The maximum Gasteiger partial charge on any atom is 0.306 e. The number of carbonyl (C=O) groups excluding carboxylic acids is 2. The molecule has 0 aliphatic carbocycles. The normalized spacial score (nSPS) is 21.1. The molecular weight excluding hydrogens is 753 g/mol. The zero-order valence-corrected chi connectivity index (χ0v) is 35.5. The third kappa shape index (κ3) is 29.2. The summed E-state index contributed by atoms with van der Waals surface area (Å²) in [5, 5.41) is 30.8. The van der Waals surface area contributed by atoms with Crippen molar-refractivity contribution in [3.63, 3.8) is 0 Å².